The van der Waals surface area contributed by atoms with Crippen molar-refractivity contribution >= 4 is 18.6 Å². The van der Waals surface area contributed by atoms with Crippen LogP contribution in [-0.4, -0.2) is 20.9 Å². The molecule has 0 spiro atoms. The standard InChI is InChI=1S/C6H8N2O2S/c1-4(6(9)10)8-3-5(11)2-7-8/h2-4,11H,1H3,(H,9,10). The van der Waals surface area contributed by atoms with Crippen molar-refractivity contribution in [3.63, 3.8) is 0 Å². The summed E-state index contributed by atoms with van der Waals surface area (Å²) in [6, 6.07) is -0.629. The Balaban J connectivity index is 2.84. The zero-order valence-corrected chi connectivity index (χ0v) is 6.82. The minimum atomic E-state index is -0.901. The highest BCUT2D eigenvalue weighted by atomic mass is 32.1. The third-order valence-corrected chi connectivity index (χ3v) is 1.57. The van der Waals surface area contributed by atoms with Gasteiger partial charge >= 0.3 is 5.97 Å². The highest BCUT2D eigenvalue weighted by Gasteiger charge is 2.12. The summed E-state index contributed by atoms with van der Waals surface area (Å²) >= 11 is 3.99. The molecular weight excluding hydrogens is 164 g/mol. The Hall–Kier alpha value is -0.970. The second-order valence-electron chi connectivity index (χ2n) is 2.19. The molecule has 0 radical (unpaired) electrons. The van der Waals surface area contributed by atoms with Gasteiger partial charge in [-0.2, -0.15) is 5.10 Å². The summed E-state index contributed by atoms with van der Waals surface area (Å²) in [6.07, 6.45) is 3.07. The molecule has 0 saturated heterocycles. The first-order chi connectivity index (χ1) is 5.11. The summed E-state index contributed by atoms with van der Waals surface area (Å²) in [5.41, 5.74) is 0. The Kier molecular flexibility index (Phi) is 2.19. The Labute approximate surface area is 69.2 Å². The van der Waals surface area contributed by atoms with Gasteiger partial charge in [0.2, 0.25) is 0 Å². The van der Waals surface area contributed by atoms with Gasteiger partial charge in [0.05, 0.1) is 6.20 Å². The predicted molar refractivity (Wildman–Crippen MR) is 41.8 cm³/mol. The number of aliphatic carboxylic acids is 1. The van der Waals surface area contributed by atoms with Crippen LogP contribution in [0.4, 0.5) is 0 Å². The maximum Gasteiger partial charge on any atom is 0.328 e. The smallest absolute Gasteiger partial charge is 0.328 e. The number of rotatable bonds is 2. The van der Waals surface area contributed by atoms with E-state index in [-0.39, 0.29) is 0 Å². The lowest BCUT2D eigenvalue weighted by Gasteiger charge is -2.04. The molecule has 1 rings (SSSR count). The summed E-state index contributed by atoms with van der Waals surface area (Å²) < 4.78 is 1.35. The molecule has 1 aromatic heterocycles. The van der Waals surface area contributed by atoms with Gasteiger partial charge in [-0.05, 0) is 6.92 Å². The molecular formula is C6H8N2O2S. The first kappa shape index (κ1) is 8.13. The molecule has 0 saturated carbocycles. The van der Waals surface area contributed by atoms with Crippen molar-refractivity contribution in [3.05, 3.63) is 12.4 Å². The fourth-order valence-corrected chi connectivity index (χ4v) is 0.823. The van der Waals surface area contributed by atoms with Gasteiger partial charge in [0.25, 0.3) is 0 Å². The zero-order valence-electron chi connectivity index (χ0n) is 5.93. The summed E-state index contributed by atoms with van der Waals surface area (Å²) in [5, 5.41) is 12.4. The number of aromatic nitrogens is 2. The van der Waals surface area contributed by atoms with Gasteiger partial charge in [-0.1, -0.05) is 0 Å². The fraction of sp³-hybridized carbons (Fsp3) is 0.333. The molecule has 4 nitrogen and oxygen atoms in total. The van der Waals surface area contributed by atoms with E-state index in [9.17, 15) is 4.79 Å². The average Bonchev–Trinajstić information content (AvgIpc) is 2.34. The summed E-state index contributed by atoms with van der Waals surface area (Å²) in [4.78, 5) is 11.1. The van der Waals surface area contributed by atoms with Crippen LogP contribution in [0.3, 0.4) is 0 Å². The summed E-state index contributed by atoms with van der Waals surface area (Å²) in [6.45, 7) is 1.56. The van der Waals surface area contributed by atoms with Crippen LogP contribution < -0.4 is 0 Å². The van der Waals surface area contributed by atoms with E-state index in [0.29, 0.717) is 4.90 Å². The Bertz CT molecular complexity index is 271. The molecule has 1 N–H and O–H groups in total. The molecule has 5 heteroatoms. The number of carboxylic acid groups (broad SMARTS) is 1. The van der Waals surface area contributed by atoms with Crippen molar-refractivity contribution in [2.24, 2.45) is 0 Å². The maximum atomic E-state index is 10.4. The molecule has 1 unspecified atom stereocenters. The first-order valence-electron chi connectivity index (χ1n) is 3.07. The number of carboxylic acids is 1. The number of nitrogens with zero attached hydrogens (tertiary/aromatic N) is 2. The fourth-order valence-electron chi connectivity index (χ4n) is 0.653. The Morgan fingerprint density at radius 1 is 1.91 bits per heavy atom. The normalized spacial score (nSPS) is 12.9. The van der Waals surface area contributed by atoms with Crippen molar-refractivity contribution in [1.82, 2.24) is 9.78 Å². The van der Waals surface area contributed by atoms with E-state index in [0.717, 1.165) is 0 Å². The van der Waals surface area contributed by atoms with E-state index < -0.39 is 12.0 Å². The monoisotopic (exact) mass is 172 g/mol. The van der Waals surface area contributed by atoms with Crippen LogP contribution in [0.5, 0.6) is 0 Å². The van der Waals surface area contributed by atoms with Crippen LogP contribution in [0.25, 0.3) is 0 Å². The Morgan fingerprint density at radius 2 is 2.55 bits per heavy atom. The van der Waals surface area contributed by atoms with Crippen molar-refractivity contribution in [2.45, 2.75) is 17.9 Å². The molecule has 1 atom stereocenters. The number of thiol groups is 1. The lowest BCUT2D eigenvalue weighted by atomic mass is 10.4. The van der Waals surface area contributed by atoms with Gasteiger partial charge < -0.3 is 5.11 Å². The van der Waals surface area contributed by atoms with Crippen molar-refractivity contribution < 1.29 is 9.90 Å². The van der Waals surface area contributed by atoms with Crippen molar-refractivity contribution in [2.75, 3.05) is 0 Å². The highest BCUT2D eigenvalue weighted by Crippen LogP contribution is 2.08. The van der Waals surface area contributed by atoms with E-state index in [4.69, 9.17) is 5.11 Å². The third-order valence-electron chi connectivity index (χ3n) is 1.34. The number of hydrogen-bond donors (Lipinski definition) is 2. The largest absolute Gasteiger partial charge is 0.480 e. The quantitative estimate of drug-likeness (QED) is 0.649. The maximum absolute atomic E-state index is 10.4. The van der Waals surface area contributed by atoms with E-state index in [2.05, 4.69) is 17.7 Å². The molecule has 0 aliphatic rings. The van der Waals surface area contributed by atoms with Crippen LogP contribution in [0.15, 0.2) is 17.3 Å². The molecule has 0 amide bonds. The molecule has 11 heavy (non-hydrogen) atoms. The van der Waals surface area contributed by atoms with Crippen molar-refractivity contribution in [3.8, 4) is 0 Å². The minimum Gasteiger partial charge on any atom is -0.480 e. The van der Waals surface area contributed by atoms with Crippen LogP contribution in [-0.2, 0) is 4.79 Å². The van der Waals surface area contributed by atoms with E-state index in [1.54, 1.807) is 13.1 Å². The van der Waals surface area contributed by atoms with Gasteiger partial charge in [0.15, 0.2) is 0 Å². The lowest BCUT2D eigenvalue weighted by molar-refractivity contribution is -0.140. The van der Waals surface area contributed by atoms with Crippen LogP contribution in [0.2, 0.25) is 0 Å². The molecule has 0 bridgehead atoms. The summed E-state index contributed by atoms with van der Waals surface area (Å²) in [5.74, 6) is -0.901. The summed E-state index contributed by atoms with van der Waals surface area (Å²) in [7, 11) is 0. The molecule has 0 aliphatic carbocycles. The van der Waals surface area contributed by atoms with Crippen LogP contribution in [0, 0.1) is 0 Å². The average molecular weight is 172 g/mol. The molecule has 0 aliphatic heterocycles. The van der Waals surface area contributed by atoms with Crippen molar-refractivity contribution in [1.29, 1.82) is 0 Å². The van der Waals surface area contributed by atoms with E-state index >= 15 is 0 Å². The van der Waals surface area contributed by atoms with Gasteiger partial charge in [-0.15, -0.1) is 12.6 Å². The second kappa shape index (κ2) is 2.96. The molecule has 0 aromatic carbocycles. The minimum absolute atomic E-state index is 0.629. The third kappa shape index (κ3) is 1.74. The molecule has 1 aromatic rings. The van der Waals surface area contributed by atoms with Gasteiger partial charge in [0, 0.05) is 11.1 Å². The van der Waals surface area contributed by atoms with Gasteiger partial charge in [0.1, 0.15) is 6.04 Å². The second-order valence-corrected chi connectivity index (χ2v) is 2.71. The molecule has 60 valence electrons. The number of hydrogen-bond acceptors (Lipinski definition) is 3. The Morgan fingerprint density at radius 3 is 2.91 bits per heavy atom. The lowest BCUT2D eigenvalue weighted by Crippen LogP contribution is -2.15. The highest BCUT2D eigenvalue weighted by molar-refractivity contribution is 7.80. The van der Waals surface area contributed by atoms with Gasteiger partial charge in [-0.25, -0.2) is 4.79 Å². The van der Waals surface area contributed by atoms with Crippen LogP contribution >= 0.6 is 12.6 Å². The molecule has 0 fully saturated rings. The molecule has 1 heterocycles. The SMILES string of the molecule is CC(C(=O)O)n1cc(S)cn1. The van der Waals surface area contributed by atoms with Gasteiger partial charge in [-0.3, -0.25) is 4.68 Å². The zero-order chi connectivity index (χ0) is 8.43. The van der Waals surface area contributed by atoms with Crippen LogP contribution in [0.1, 0.15) is 13.0 Å². The first-order valence-corrected chi connectivity index (χ1v) is 3.52. The number of carbonyl (C=O) groups is 1. The van der Waals surface area contributed by atoms with E-state index in [1.807, 2.05) is 0 Å². The predicted octanol–water partition coefficient (Wildman–Crippen LogP) is 0.817. The topological polar surface area (TPSA) is 55.1 Å². The van der Waals surface area contributed by atoms with E-state index in [1.165, 1.54) is 10.9 Å².